The predicted molar refractivity (Wildman–Crippen MR) is 74.3 cm³/mol. The van der Waals surface area contributed by atoms with E-state index in [1.165, 1.54) is 25.1 Å². The van der Waals surface area contributed by atoms with Gasteiger partial charge in [0.15, 0.2) is 12.4 Å². The molecule has 1 unspecified atom stereocenters. The average molecular weight is 313 g/mol. The summed E-state index contributed by atoms with van der Waals surface area (Å²) in [4.78, 5) is 23.4. The van der Waals surface area contributed by atoms with Gasteiger partial charge in [-0.25, -0.2) is 4.79 Å². The van der Waals surface area contributed by atoms with Crippen LogP contribution in [0.3, 0.4) is 0 Å². The molecule has 0 radical (unpaired) electrons. The van der Waals surface area contributed by atoms with Gasteiger partial charge in [0.25, 0.3) is 0 Å². The number of nitrogens with zero attached hydrogens (tertiary/aromatic N) is 1. The van der Waals surface area contributed by atoms with Crippen LogP contribution in [0.15, 0.2) is 18.2 Å². The first-order chi connectivity index (χ1) is 9.38. The topological polar surface area (TPSA) is 91.0 Å². The van der Waals surface area contributed by atoms with E-state index < -0.39 is 24.3 Å². The van der Waals surface area contributed by atoms with E-state index in [0.717, 1.165) is 0 Å². The number of ether oxygens (including phenoxy) is 1. The summed E-state index contributed by atoms with van der Waals surface area (Å²) in [5.74, 6) is -2.69. The second kappa shape index (κ2) is 7.04. The zero-order valence-electron chi connectivity index (χ0n) is 10.4. The van der Waals surface area contributed by atoms with E-state index in [9.17, 15) is 9.59 Å². The molecule has 0 amide bonds. The van der Waals surface area contributed by atoms with Crippen molar-refractivity contribution in [2.45, 2.75) is 6.92 Å². The summed E-state index contributed by atoms with van der Waals surface area (Å²) in [6.07, 6.45) is 0. The van der Waals surface area contributed by atoms with Crippen LogP contribution < -0.4 is 0 Å². The molecule has 0 spiro atoms. The fourth-order valence-electron chi connectivity index (χ4n) is 1.37. The molecule has 104 valence electrons. The van der Waals surface area contributed by atoms with Gasteiger partial charge in [0.05, 0.1) is 21.7 Å². The Bertz CT molecular complexity index is 608. The highest BCUT2D eigenvalue weighted by Crippen LogP contribution is 2.25. The van der Waals surface area contributed by atoms with Crippen molar-refractivity contribution in [2.75, 3.05) is 6.61 Å². The summed E-state index contributed by atoms with van der Waals surface area (Å²) in [7, 11) is 0. The number of benzene rings is 1. The van der Waals surface area contributed by atoms with Crippen LogP contribution in [0, 0.1) is 22.7 Å². The third kappa shape index (κ3) is 3.80. The van der Waals surface area contributed by atoms with E-state index in [1.807, 2.05) is 0 Å². The molecule has 1 atom stereocenters. The van der Waals surface area contributed by atoms with E-state index in [0.29, 0.717) is 0 Å². The molecule has 0 aliphatic heterocycles. The van der Waals surface area contributed by atoms with E-state index in [2.05, 4.69) is 0 Å². The average Bonchev–Trinajstić information content (AvgIpc) is 2.39. The number of halogens is 2. The van der Waals surface area contributed by atoms with Gasteiger partial charge < -0.3 is 10.1 Å². The zero-order valence-corrected chi connectivity index (χ0v) is 12.0. The number of carbonyl (C=O) groups excluding carboxylic acids is 2. The van der Waals surface area contributed by atoms with Gasteiger partial charge in [-0.15, -0.1) is 0 Å². The molecule has 20 heavy (non-hydrogen) atoms. The summed E-state index contributed by atoms with van der Waals surface area (Å²) in [6.45, 7) is 0.734. The smallest absolute Gasteiger partial charge is 0.340 e. The lowest BCUT2D eigenvalue weighted by atomic mass is 10.0. The Balaban J connectivity index is 2.74. The molecule has 0 heterocycles. The van der Waals surface area contributed by atoms with Crippen molar-refractivity contribution in [3.8, 4) is 6.07 Å². The lowest BCUT2D eigenvalue weighted by Crippen LogP contribution is -2.25. The minimum atomic E-state index is -1.21. The highest BCUT2D eigenvalue weighted by atomic mass is 35.5. The quantitative estimate of drug-likeness (QED) is 0.668. The first-order valence-corrected chi connectivity index (χ1v) is 6.22. The number of esters is 1. The number of Topliss-reactive ketones (excluding diaryl/α,β-unsaturated/α-hetero) is 1. The highest BCUT2D eigenvalue weighted by molar-refractivity contribution is 6.43. The van der Waals surface area contributed by atoms with Crippen molar-refractivity contribution in [2.24, 2.45) is 5.92 Å². The fraction of sp³-hybridized carbons (Fsp3) is 0.231. The molecule has 0 bridgehead atoms. The van der Waals surface area contributed by atoms with Crippen LogP contribution in [0.25, 0.3) is 0 Å². The maximum Gasteiger partial charge on any atom is 0.340 e. The Morgan fingerprint density at radius 1 is 1.45 bits per heavy atom. The molecule has 1 N–H and O–H groups in total. The number of hydrogen-bond donors (Lipinski definition) is 1. The molecule has 0 aliphatic carbocycles. The van der Waals surface area contributed by atoms with E-state index in [-0.39, 0.29) is 21.3 Å². The number of hydrogen-bond acceptors (Lipinski definition) is 5. The number of nitrogens with one attached hydrogen (secondary N) is 1. The van der Waals surface area contributed by atoms with Crippen LogP contribution in [0.1, 0.15) is 17.3 Å². The summed E-state index contributed by atoms with van der Waals surface area (Å²) in [6, 6.07) is 6.11. The van der Waals surface area contributed by atoms with Crippen molar-refractivity contribution in [3.05, 3.63) is 33.8 Å². The van der Waals surface area contributed by atoms with Crippen LogP contribution in [0.2, 0.25) is 10.0 Å². The molecule has 1 rings (SSSR count). The molecule has 5 nitrogen and oxygen atoms in total. The zero-order chi connectivity index (χ0) is 15.3. The van der Waals surface area contributed by atoms with Gasteiger partial charge in [-0.2, -0.15) is 5.26 Å². The maximum absolute atomic E-state index is 11.7. The van der Waals surface area contributed by atoms with E-state index in [1.54, 1.807) is 6.07 Å². The van der Waals surface area contributed by atoms with Gasteiger partial charge in [-0.05, 0) is 19.1 Å². The Labute approximate surface area is 125 Å². The summed E-state index contributed by atoms with van der Waals surface area (Å²) < 4.78 is 4.78. The molecule has 7 heteroatoms. The van der Waals surface area contributed by atoms with Crippen molar-refractivity contribution in [1.29, 1.82) is 10.7 Å². The van der Waals surface area contributed by atoms with E-state index in [4.69, 9.17) is 38.6 Å². The van der Waals surface area contributed by atoms with Gasteiger partial charge >= 0.3 is 5.97 Å². The van der Waals surface area contributed by atoms with Crippen molar-refractivity contribution < 1.29 is 14.3 Å². The summed E-state index contributed by atoms with van der Waals surface area (Å²) >= 11 is 11.6. The Morgan fingerprint density at radius 3 is 2.65 bits per heavy atom. The normalized spacial score (nSPS) is 11.3. The standard InChI is InChI=1S/C13H10Cl2N2O3/c1-7(17)9(5-16)11(18)6-20-13(19)8-3-2-4-10(14)12(8)15/h2-4,9,17H,6H2,1H3. The second-order valence-corrected chi connectivity index (χ2v) is 4.67. The van der Waals surface area contributed by atoms with Gasteiger partial charge in [0.2, 0.25) is 0 Å². The largest absolute Gasteiger partial charge is 0.454 e. The monoisotopic (exact) mass is 312 g/mol. The lowest BCUT2D eigenvalue weighted by molar-refractivity contribution is -0.122. The van der Waals surface area contributed by atoms with Crippen LogP contribution in [0.4, 0.5) is 0 Å². The molecular weight excluding hydrogens is 303 g/mol. The second-order valence-electron chi connectivity index (χ2n) is 3.89. The molecule has 0 saturated carbocycles. The third-order valence-corrected chi connectivity index (χ3v) is 3.22. The van der Waals surface area contributed by atoms with Gasteiger partial charge in [-0.3, -0.25) is 4.79 Å². The third-order valence-electron chi connectivity index (χ3n) is 2.40. The predicted octanol–water partition coefficient (Wildman–Crippen LogP) is 2.90. The highest BCUT2D eigenvalue weighted by Gasteiger charge is 2.22. The maximum atomic E-state index is 11.7. The van der Waals surface area contributed by atoms with Crippen molar-refractivity contribution >= 4 is 40.7 Å². The molecule has 0 aromatic heterocycles. The Morgan fingerprint density at radius 2 is 2.10 bits per heavy atom. The molecule has 0 saturated heterocycles. The Hall–Kier alpha value is -1.90. The van der Waals surface area contributed by atoms with Crippen LogP contribution in [-0.2, 0) is 9.53 Å². The number of ketones is 1. The fourth-order valence-corrected chi connectivity index (χ4v) is 1.75. The van der Waals surface area contributed by atoms with Crippen molar-refractivity contribution in [1.82, 2.24) is 0 Å². The molecule has 0 fully saturated rings. The van der Waals surface area contributed by atoms with Crippen LogP contribution in [-0.4, -0.2) is 24.1 Å². The number of carbonyl (C=O) groups is 2. The Kier molecular flexibility index (Phi) is 5.68. The first-order valence-electron chi connectivity index (χ1n) is 5.47. The summed E-state index contributed by atoms with van der Waals surface area (Å²) in [5.41, 5.74) is -0.0682. The number of rotatable bonds is 5. The van der Waals surface area contributed by atoms with Gasteiger partial charge in [-0.1, -0.05) is 29.3 Å². The molecular formula is C13H10Cl2N2O3. The van der Waals surface area contributed by atoms with Crippen molar-refractivity contribution in [3.63, 3.8) is 0 Å². The van der Waals surface area contributed by atoms with Gasteiger partial charge in [0, 0.05) is 5.71 Å². The lowest BCUT2D eigenvalue weighted by Gasteiger charge is -2.08. The molecule has 1 aromatic carbocycles. The minimum Gasteiger partial charge on any atom is -0.454 e. The first kappa shape index (κ1) is 16.2. The summed E-state index contributed by atoms with van der Waals surface area (Å²) in [5, 5.41) is 16.2. The van der Waals surface area contributed by atoms with Crippen LogP contribution in [0.5, 0.6) is 0 Å². The van der Waals surface area contributed by atoms with Gasteiger partial charge in [0.1, 0.15) is 5.92 Å². The number of nitriles is 1. The van der Waals surface area contributed by atoms with Crippen LogP contribution >= 0.6 is 23.2 Å². The molecule has 1 aromatic rings. The SMILES string of the molecule is CC(=N)C(C#N)C(=O)COC(=O)c1cccc(Cl)c1Cl. The molecule has 0 aliphatic rings. The minimum absolute atomic E-state index is 0.0340. The van der Waals surface area contributed by atoms with E-state index >= 15 is 0 Å².